The molecule has 0 saturated heterocycles. The smallest absolute Gasteiger partial charge is 0.335 e. The Morgan fingerprint density at radius 3 is 3.00 bits per heavy atom. The molecule has 1 aromatic carbocycles. The van der Waals surface area contributed by atoms with Crippen LogP contribution in [0.25, 0.3) is 11.1 Å². The minimum absolute atomic E-state index is 0.212. The van der Waals surface area contributed by atoms with Gasteiger partial charge < -0.3 is 14.8 Å². The van der Waals surface area contributed by atoms with Crippen LogP contribution in [-0.4, -0.2) is 22.1 Å². The van der Waals surface area contributed by atoms with E-state index in [1.54, 1.807) is 6.07 Å². The number of carboxylic acids is 1. The molecule has 1 fully saturated rings. The maximum absolute atomic E-state index is 10.9. The number of nitrogens with zero attached hydrogens (tertiary/aromatic N) is 1. The number of hydrogen-bond acceptors (Lipinski definition) is 4. The SMILES string of the molecule is CC1CCCC1Nc1nc2ccc(C(=O)O)cc2o1. The van der Waals surface area contributed by atoms with E-state index < -0.39 is 5.97 Å². The lowest BCUT2D eigenvalue weighted by atomic mass is 10.1. The second-order valence-electron chi connectivity index (χ2n) is 5.17. The highest BCUT2D eigenvalue weighted by Gasteiger charge is 2.24. The molecule has 0 spiro atoms. The summed E-state index contributed by atoms with van der Waals surface area (Å²) in [5, 5.41) is 12.2. The molecule has 3 rings (SSSR count). The third kappa shape index (κ3) is 2.28. The van der Waals surface area contributed by atoms with Gasteiger partial charge in [-0.3, -0.25) is 0 Å². The number of nitrogens with one attached hydrogen (secondary N) is 1. The molecule has 2 aromatic rings. The van der Waals surface area contributed by atoms with Crippen molar-refractivity contribution in [2.75, 3.05) is 5.32 Å². The Labute approximate surface area is 110 Å². The molecule has 1 aliphatic carbocycles. The zero-order valence-corrected chi connectivity index (χ0v) is 10.7. The van der Waals surface area contributed by atoms with Crippen LogP contribution in [0, 0.1) is 5.92 Å². The summed E-state index contributed by atoms with van der Waals surface area (Å²) < 4.78 is 5.58. The third-order valence-electron chi connectivity index (χ3n) is 3.81. The molecule has 1 saturated carbocycles. The number of aromatic carboxylic acids is 1. The van der Waals surface area contributed by atoms with E-state index in [4.69, 9.17) is 9.52 Å². The summed E-state index contributed by atoms with van der Waals surface area (Å²) in [6, 6.07) is 5.59. The lowest BCUT2D eigenvalue weighted by Gasteiger charge is -2.15. The maximum atomic E-state index is 10.9. The van der Waals surface area contributed by atoms with Gasteiger partial charge in [-0.15, -0.1) is 0 Å². The first-order chi connectivity index (χ1) is 9.13. The first-order valence-electron chi connectivity index (χ1n) is 6.54. The Balaban J connectivity index is 1.87. The molecule has 2 atom stereocenters. The highest BCUT2D eigenvalue weighted by Crippen LogP contribution is 2.29. The van der Waals surface area contributed by atoms with Crippen LogP contribution in [0.2, 0.25) is 0 Å². The zero-order valence-electron chi connectivity index (χ0n) is 10.7. The largest absolute Gasteiger partial charge is 0.478 e. The number of rotatable bonds is 3. The number of carbonyl (C=O) groups is 1. The van der Waals surface area contributed by atoms with E-state index in [0.717, 1.165) is 6.42 Å². The molecule has 2 unspecified atom stereocenters. The summed E-state index contributed by atoms with van der Waals surface area (Å²) in [4.78, 5) is 15.2. The van der Waals surface area contributed by atoms with Gasteiger partial charge in [0.2, 0.25) is 0 Å². The molecule has 1 aliphatic rings. The lowest BCUT2D eigenvalue weighted by molar-refractivity contribution is 0.0697. The van der Waals surface area contributed by atoms with Crippen LogP contribution >= 0.6 is 0 Å². The Hall–Kier alpha value is -2.04. The summed E-state index contributed by atoms with van der Waals surface area (Å²) in [5.41, 5.74) is 1.40. The minimum Gasteiger partial charge on any atom is -0.478 e. The topological polar surface area (TPSA) is 75.4 Å². The normalized spacial score (nSPS) is 22.8. The van der Waals surface area contributed by atoms with Crippen molar-refractivity contribution < 1.29 is 14.3 Å². The van der Waals surface area contributed by atoms with Crippen LogP contribution in [0.15, 0.2) is 22.6 Å². The van der Waals surface area contributed by atoms with E-state index in [1.165, 1.54) is 25.0 Å². The molecule has 5 nitrogen and oxygen atoms in total. The monoisotopic (exact) mass is 260 g/mol. The highest BCUT2D eigenvalue weighted by atomic mass is 16.4. The van der Waals surface area contributed by atoms with Crippen LogP contribution in [-0.2, 0) is 0 Å². The van der Waals surface area contributed by atoms with E-state index in [1.807, 2.05) is 0 Å². The maximum Gasteiger partial charge on any atom is 0.335 e. The van der Waals surface area contributed by atoms with Crippen molar-refractivity contribution >= 4 is 23.1 Å². The van der Waals surface area contributed by atoms with Crippen LogP contribution in [0.4, 0.5) is 6.01 Å². The second-order valence-corrected chi connectivity index (χ2v) is 5.17. The van der Waals surface area contributed by atoms with Gasteiger partial charge in [0.25, 0.3) is 6.01 Å². The van der Waals surface area contributed by atoms with Gasteiger partial charge in [0.15, 0.2) is 5.58 Å². The predicted octanol–water partition coefficient (Wildman–Crippen LogP) is 3.13. The molecule has 1 heterocycles. The minimum atomic E-state index is -0.961. The van der Waals surface area contributed by atoms with Gasteiger partial charge in [0, 0.05) is 6.04 Å². The Morgan fingerprint density at radius 1 is 1.47 bits per heavy atom. The number of fused-ring (bicyclic) bond motifs is 1. The standard InChI is InChI=1S/C14H16N2O3/c1-8-3-2-4-10(8)15-14-16-11-6-5-9(13(17)18)7-12(11)19-14/h5-8,10H,2-4H2,1H3,(H,15,16)(H,17,18). The number of hydrogen-bond donors (Lipinski definition) is 2. The van der Waals surface area contributed by atoms with E-state index in [2.05, 4.69) is 17.2 Å². The van der Waals surface area contributed by atoms with Gasteiger partial charge >= 0.3 is 5.97 Å². The van der Waals surface area contributed by atoms with Gasteiger partial charge in [0.05, 0.1) is 5.56 Å². The second kappa shape index (κ2) is 4.57. The Morgan fingerprint density at radius 2 is 2.32 bits per heavy atom. The number of oxazole rings is 1. The van der Waals surface area contributed by atoms with Crippen molar-refractivity contribution in [3.63, 3.8) is 0 Å². The molecule has 19 heavy (non-hydrogen) atoms. The van der Waals surface area contributed by atoms with Gasteiger partial charge in [-0.25, -0.2) is 4.79 Å². The molecule has 0 bridgehead atoms. The van der Waals surface area contributed by atoms with Crippen LogP contribution < -0.4 is 5.32 Å². The number of anilines is 1. The van der Waals surface area contributed by atoms with Crippen molar-refractivity contribution in [1.29, 1.82) is 0 Å². The highest BCUT2D eigenvalue weighted by molar-refractivity contribution is 5.92. The van der Waals surface area contributed by atoms with Crippen molar-refractivity contribution in [2.24, 2.45) is 5.92 Å². The third-order valence-corrected chi connectivity index (χ3v) is 3.81. The lowest BCUT2D eigenvalue weighted by Crippen LogP contribution is -2.21. The molecule has 1 aromatic heterocycles. The molecule has 0 radical (unpaired) electrons. The molecule has 5 heteroatoms. The molecule has 0 aliphatic heterocycles. The number of aromatic nitrogens is 1. The molecule has 0 amide bonds. The van der Waals surface area contributed by atoms with Crippen molar-refractivity contribution in [3.05, 3.63) is 23.8 Å². The van der Waals surface area contributed by atoms with Crippen LogP contribution in [0.3, 0.4) is 0 Å². The first-order valence-corrected chi connectivity index (χ1v) is 6.54. The van der Waals surface area contributed by atoms with Gasteiger partial charge in [-0.1, -0.05) is 13.3 Å². The average Bonchev–Trinajstić information content (AvgIpc) is 2.95. The summed E-state index contributed by atoms with van der Waals surface area (Å²) >= 11 is 0. The number of benzene rings is 1. The predicted molar refractivity (Wildman–Crippen MR) is 71.4 cm³/mol. The van der Waals surface area contributed by atoms with E-state index >= 15 is 0 Å². The summed E-state index contributed by atoms with van der Waals surface area (Å²) in [5.74, 6) is -0.346. The van der Waals surface area contributed by atoms with Crippen molar-refractivity contribution in [2.45, 2.75) is 32.2 Å². The fourth-order valence-corrected chi connectivity index (χ4v) is 2.64. The molecular weight excluding hydrogens is 244 g/mol. The van der Waals surface area contributed by atoms with Crippen LogP contribution in [0.1, 0.15) is 36.5 Å². The van der Waals surface area contributed by atoms with E-state index in [0.29, 0.717) is 29.1 Å². The molecule has 100 valence electrons. The average molecular weight is 260 g/mol. The van der Waals surface area contributed by atoms with Crippen molar-refractivity contribution in [3.8, 4) is 0 Å². The Bertz CT molecular complexity index is 620. The zero-order chi connectivity index (χ0) is 13.4. The van der Waals surface area contributed by atoms with Crippen molar-refractivity contribution in [1.82, 2.24) is 4.98 Å². The summed E-state index contributed by atoms with van der Waals surface area (Å²) in [6.45, 7) is 2.22. The fourth-order valence-electron chi connectivity index (χ4n) is 2.64. The van der Waals surface area contributed by atoms with E-state index in [9.17, 15) is 4.79 Å². The Kier molecular flexibility index (Phi) is 2.89. The molecular formula is C14H16N2O3. The van der Waals surface area contributed by atoms with Gasteiger partial charge in [-0.05, 0) is 37.0 Å². The fraction of sp³-hybridized carbons (Fsp3) is 0.429. The first kappa shape index (κ1) is 12.0. The van der Waals surface area contributed by atoms with Crippen LogP contribution in [0.5, 0.6) is 0 Å². The van der Waals surface area contributed by atoms with Gasteiger partial charge in [0.1, 0.15) is 5.52 Å². The quantitative estimate of drug-likeness (QED) is 0.886. The van der Waals surface area contributed by atoms with E-state index in [-0.39, 0.29) is 5.56 Å². The van der Waals surface area contributed by atoms with Gasteiger partial charge in [-0.2, -0.15) is 4.98 Å². The molecule has 2 N–H and O–H groups in total. The summed E-state index contributed by atoms with van der Waals surface area (Å²) in [6.07, 6.45) is 3.57. The number of carboxylic acid groups (broad SMARTS) is 1. The summed E-state index contributed by atoms with van der Waals surface area (Å²) in [7, 11) is 0.